The number of anilines is 1. The largest absolute Gasteiger partial charge is 0.396 e. The minimum absolute atomic E-state index is 0.0325. The van der Waals surface area contributed by atoms with Gasteiger partial charge in [0.05, 0.1) is 18.3 Å². The van der Waals surface area contributed by atoms with E-state index in [4.69, 9.17) is 5.11 Å². The summed E-state index contributed by atoms with van der Waals surface area (Å²) in [5.74, 6) is 0.506. The number of aryl methyl sites for hydroxylation is 1. The van der Waals surface area contributed by atoms with Gasteiger partial charge in [0.25, 0.3) is 5.56 Å². The van der Waals surface area contributed by atoms with Crippen molar-refractivity contribution >= 4 is 22.8 Å². The van der Waals surface area contributed by atoms with Crippen LogP contribution >= 0.6 is 0 Å². The fraction of sp³-hybridized carbons (Fsp3) is 0.529. The molecule has 1 N–H and O–H groups in total. The molecule has 3 rings (SSSR count). The van der Waals surface area contributed by atoms with Crippen molar-refractivity contribution in [1.82, 2.24) is 18.7 Å². The summed E-state index contributed by atoms with van der Waals surface area (Å²) in [7, 11) is 1.61. The van der Waals surface area contributed by atoms with E-state index in [0.717, 1.165) is 11.3 Å². The SMILES string of the molecule is C=C(C)Cn1c(=O)c2c(nc3n2C(C)C(C)=NN3CCCO)n(C)c1=O. The third-order valence-corrected chi connectivity index (χ3v) is 4.61. The van der Waals surface area contributed by atoms with Gasteiger partial charge in [-0.15, -0.1) is 0 Å². The predicted octanol–water partition coefficient (Wildman–Crippen LogP) is 0.612. The fourth-order valence-corrected chi connectivity index (χ4v) is 3.16. The molecule has 9 heteroatoms. The number of hydrogen-bond donors (Lipinski definition) is 1. The lowest BCUT2D eigenvalue weighted by Crippen LogP contribution is -2.40. The molecule has 0 fully saturated rings. The lowest BCUT2D eigenvalue weighted by molar-refractivity contribution is 0.289. The van der Waals surface area contributed by atoms with Crippen LogP contribution in [0.2, 0.25) is 0 Å². The highest BCUT2D eigenvalue weighted by Crippen LogP contribution is 2.29. The Balaban J connectivity index is 2.34. The van der Waals surface area contributed by atoms with Crippen molar-refractivity contribution in [3.8, 4) is 0 Å². The summed E-state index contributed by atoms with van der Waals surface area (Å²) >= 11 is 0. The van der Waals surface area contributed by atoms with Gasteiger partial charge in [0.15, 0.2) is 11.2 Å². The quantitative estimate of drug-likeness (QED) is 0.788. The van der Waals surface area contributed by atoms with Crippen molar-refractivity contribution < 1.29 is 5.11 Å². The number of aliphatic hydroxyl groups excluding tert-OH is 1. The first-order chi connectivity index (χ1) is 12.3. The van der Waals surface area contributed by atoms with E-state index in [-0.39, 0.29) is 24.8 Å². The lowest BCUT2D eigenvalue weighted by Gasteiger charge is -2.29. The standard InChI is InChI=1S/C17H24N6O3/c1-10(2)9-21-15(25)13-14(20(5)17(21)26)18-16-22(7-6-8-24)19-11(3)12(4)23(13)16/h12,24H,1,6-9H2,2-5H3. The second-order valence-corrected chi connectivity index (χ2v) is 6.76. The van der Waals surface area contributed by atoms with Gasteiger partial charge >= 0.3 is 5.69 Å². The molecule has 0 bridgehead atoms. The van der Waals surface area contributed by atoms with Crippen molar-refractivity contribution in [1.29, 1.82) is 0 Å². The Morgan fingerprint density at radius 1 is 1.35 bits per heavy atom. The summed E-state index contributed by atoms with van der Waals surface area (Å²) in [6.45, 7) is 10.1. The first-order valence-corrected chi connectivity index (χ1v) is 8.57. The van der Waals surface area contributed by atoms with Crippen molar-refractivity contribution in [2.24, 2.45) is 12.1 Å². The number of fused-ring (bicyclic) bond motifs is 3. The molecule has 0 saturated carbocycles. The van der Waals surface area contributed by atoms with Gasteiger partial charge in [-0.05, 0) is 27.2 Å². The molecule has 0 saturated heterocycles. The number of rotatable bonds is 5. The summed E-state index contributed by atoms with van der Waals surface area (Å²) in [5, 5.41) is 15.4. The zero-order valence-electron chi connectivity index (χ0n) is 15.6. The van der Waals surface area contributed by atoms with Crippen molar-refractivity contribution in [2.45, 2.75) is 39.8 Å². The van der Waals surface area contributed by atoms with Gasteiger partial charge in [-0.2, -0.15) is 10.1 Å². The molecule has 1 atom stereocenters. The Kier molecular flexibility index (Phi) is 4.57. The van der Waals surface area contributed by atoms with Crippen LogP contribution in [0.25, 0.3) is 11.2 Å². The van der Waals surface area contributed by atoms with Crippen LogP contribution in [0.4, 0.5) is 5.95 Å². The predicted molar refractivity (Wildman–Crippen MR) is 101 cm³/mol. The van der Waals surface area contributed by atoms with Gasteiger partial charge in [0, 0.05) is 20.2 Å². The Morgan fingerprint density at radius 3 is 2.65 bits per heavy atom. The number of aliphatic hydroxyl groups is 1. The van der Waals surface area contributed by atoms with Gasteiger partial charge in [-0.25, -0.2) is 9.80 Å². The summed E-state index contributed by atoms with van der Waals surface area (Å²) < 4.78 is 4.40. The minimum atomic E-state index is -0.423. The highest BCUT2D eigenvalue weighted by molar-refractivity contribution is 5.91. The third-order valence-electron chi connectivity index (χ3n) is 4.61. The molecule has 26 heavy (non-hydrogen) atoms. The first kappa shape index (κ1) is 18.1. The number of hydrazone groups is 1. The number of nitrogens with zero attached hydrogens (tertiary/aromatic N) is 6. The van der Waals surface area contributed by atoms with Gasteiger partial charge in [0.1, 0.15) is 0 Å². The maximum Gasteiger partial charge on any atom is 0.332 e. The fourth-order valence-electron chi connectivity index (χ4n) is 3.16. The molecule has 2 aromatic rings. The molecule has 0 aromatic carbocycles. The number of aromatic nitrogens is 4. The van der Waals surface area contributed by atoms with Gasteiger partial charge < -0.3 is 5.11 Å². The van der Waals surface area contributed by atoms with Crippen LogP contribution in [-0.4, -0.2) is 42.7 Å². The van der Waals surface area contributed by atoms with E-state index in [1.54, 1.807) is 19.0 Å². The van der Waals surface area contributed by atoms with Crippen molar-refractivity contribution in [3.05, 3.63) is 33.0 Å². The average molecular weight is 360 g/mol. The maximum absolute atomic E-state index is 13.1. The van der Waals surface area contributed by atoms with E-state index in [2.05, 4.69) is 16.7 Å². The Morgan fingerprint density at radius 2 is 2.04 bits per heavy atom. The molecule has 3 heterocycles. The third kappa shape index (κ3) is 2.68. The van der Waals surface area contributed by atoms with Gasteiger partial charge in [0.2, 0.25) is 5.95 Å². The van der Waals surface area contributed by atoms with E-state index in [1.807, 2.05) is 18.4 Å². The van der Waals surface area contributed by atoms with E-state index in [9.17, 15) is 9.59 Å². The summed E-state index contributed by atoms with van der Waals surface area (Å²) in [6.07, 6.45) is 0.521. The number of allylic oxidation sites excluding steroid dienone is 1. The average Bonchev–Trinajstić information content (AvgIpc) is 2.99. The van der Waals surface area contributed by atoms with Crippen LogP contribution in [0, 0.1) is 0 Å². The van der Waals surface area contributed by atoms with Crippen LogP contribution in [-0.2, 0) is 13.6 Å². The summed E-state index contributed by atoms with van der Waals surface area (Å²) in [6, 6.07) is -0.163. The van der Waals surface area contributed by atoms with E-state index in [0.29, 0.717) is 30.1 Å². The summed E-state index contributed by atoms with van der Waals surface area (Å²) in [4.78, 5) is 30.2. The van der Waals surface area contributed by atoms with E-state index in [1.165, 1.54) is 9.13 Å². The second-order valence-electron chi connectivity index (χ2n) is 6.76. The first-order valence-electron chi connectivity index (χ1n) is 8.57. The molecule has 1 unspecified atom stereocenters. The van der Waals surface area contributed by atoms with Crippen LogP contribution in [0.3, 0.4) is 0 Å². The van der Waals surface area contributed by atoms with E-state index < -0.39 is 5.69 Å². The van der Waals surface area contributed by atoms with Gasteiger partial charge in [-0.1, -0.05) is 12.2 Å². The van der Waals surface area contributed by atoms with Crippen molar-refractivity contribution in [2.75, 3.05) is 18.2 Å². The number of hydrogen-bond acceptors (Lipinski definition) is 6. The molecule has 1 aliphatic heterocycles. The maximum atomic E-state index is 13.1. The molecular weight excluding hydrogens is 336 g/mol. The Hall–Kier alpha value is -2.68. The monoisotopic (exact) mass is 360 g/mol. The molecule has 0 radical (unpaired) electrons. The van der Waals surface area contributed by atoms with Crippen molar-refractivity contribution in [3.63, 3.8) is 0 Å². The molecule has 0 aliphatic carbocycles. The second kappa shape index (κ2) is 6.56. The zero-order chi connectivity index (χ0) is 19.2. The molecule has 0 spiro atoms. The zero-order valence-corrected chi connectivity index (χ0v) is 15.6. The lowest BCUT2D eigenvalue weighted by atomic mass is 10.2. The van der Waals surface area contributed by atoms with Crippen LogP contribution in [0.15, 0.2) is 26.8 Å². The van der Waals surface area contributed by atoms with E-state index >= 15 is 0 Å². The molecule has 1 aliphatic rings. The Labute approximate surface area is 150 Å². The molecule has 140 valence electrons. The highest BCUT2D eigenvalue weighted by Gasteiger charge is 2.30. The molecule has 0 amide bonds. The summed E-state index contributed by atoms with van der Waals surface area (Å²) in [5.41, 5.74) is 1.45. The topological polar surface area (TPSA) is 97.7 Å². The van der Waals surface area contributed by atoms with Crippen LogP contribution in [0.5, 0.6) is 0 Å². The molecular formula is C17H24N6O3. The van der Waals surface area contributed by atoms with Crippen LogP contribution in [0.1, 0.15) is 33.2 Å². The van der Waals surface area contributed by atoms with Gasteiger partial charge in [-0.3, -0.25) is 18.5 Å². The van der Waals surface area contributed by atoms with Crippen LogP contribution < -0.4 is 16.3 Å². The molecule has 2 aromatic heterocycles. The highest BCUT2D eigenvalue weighted by atomic mass is 16.3. The normalized spacial score (nSPS) is 16.7. The molecule has 9 nitrogen and oxygen atoms in total. The minimum Gasteiger partial charge on any atom is -0.396 e. The smallest absolute Gasteiger partial charge is 0.332 e. The number of imidazole rings is 1. The Bertz CT molecular complexity index is 1030.